The average Bonchev–Trinajstić information content (AvgIpc) is 3.59. The molecular weight excluding hydrogens is 470 g/mol. The monoisotopic (exact) mass is 492 g/mol. The number of halogens is 2. The van der Waals surface area contributed by atoms with Crippen molar-refractivity contribution in [3.63, 3.8) is 0 Å². The van der Waals surface area contributed by atoms with Crippen molar-refractivity contribution in [2.24, 2.45) is 0 Å². The van der Waals surface area contributed by atoms with E-state index in [0.29, 0.717) is 31.9 Å². The predicted molar refractivity (Wildman–Crippen MR) is 125 cm³/mol. The number of benzene rings is 2. The maximum absolute atomic E-state index is 13.4. The Morgan fingerprint density at radius 3 is 2.08 bits per heavy atom. The molecule has 0 unspecified atom stereocenters. The van der Waals surface area contributed by atoms with E-state index < -0.39 is 5.82 Å². The number of furan rings is 1. The Hall–Kier alpha value is -4.47. The highest BCUT2D eigenvalue weighted by atomic mass is 19.1. The third kappa shape index (κ3) is 4.97. The van der Waals surface area contributed by atoms with Crippen LogP contribution in [0, 0.1) is 11.6 Å². The molecule has 36 heavy (non-hydrogen) atoms. The summed E-state index contributed by atoms with van der Waals surface area (Å²) in [7, 11) is 0. The van der Waals surface area contributed by atoms with Crippen molar-refractivity contribution >= 4 is 11.8 Å². The molecule has 0 radical (unpaired) electrons. The van der Waals surface area contributed by atoms with E-state index in [1.807, 2.05) is 0 Å². The molecule has 2 aromatic heterocycles. The molecule has 0 N–H and O–H groups in total. The first kappa shape index (κ1) is 23.3. The molecule has 2 aromatic carbocycles. The van der Waals surface area contributed by atoms with Gasteiger partial charge in [0.05, 0.1) is 18.1 Å². The van der Waals surface area contributed by atoms with Gasteiger partial charge in [-0.2, -0.15) is 5.10 Å². The highest BCUT2D eigenvalue weighted by Crippen LogP contribution is 2.24. The minimum Gasteiger partial charge on any atom is -0.485 e. The van der Waals surface area contributed by atoms with Crippen molar-refractivity contribution in [1.82, 2.24) is 19.6 Å². The van der Waals surface area contributed by atoms with Gasteiger partial charge in [0.25, 0.3) is 11.8 Å². The van der Waals surface area contributed by atoms with Gasteiger partial charge in [-0.1, -0.05) is 12.1 Å². The summed E-state index contributed by atoms with van der Waals surface area (Å²) < 4.78 is 39.2. The molecule has 0 aliphatic carbocycles. The maximum Gasteiger partial charge on any atom is 0.289 e. The fourth-order valence-corrected chi connectivity index (χ4v) is 3.90. The van der Waals surface area contributed by atoms with Crippen LogP contribution in [0.5, 0.6) is 5.75 Å². The summed E-state index contributed by atoms with van der Waals surface area (Å²) in [6, 6.07) is 14.8. The van der Waals surface area contributed by atoms with Gasteiger partial charge in [-0.3, -0.25) is 9.59 Å². The summed E-state index contributed by atoms with van der Waals surface area (Å²) >= 11 is 0. The summed E-state index contributed by atoms with van der Waals surface area (Å²) in [5, 5.41) is 4.43. The fraction of sp³-hybridized carbons (Fsp3) is 0.192. The van der Waals surface area contributed by atoms with Gasteiger partial charge in [-0.05, 0) is 54.1 Å². The van der Waals surface area contributed by atoms with Gasteiger partial charge in [0.2, 0.25) is 0 Å². The first-order valence-corrected chi connectivity index (χ1v) is 11.3. The lowest BCUT2D eigenvalue weighted by molar-refractivity contribution is 0.0512. The van der Waals surface area contributed by atoms with Crippen molar-refractivity contribution in [3.8, 4) is 11.4 Å². The molecule has 0 atom stereocenters. The van der Waals surface area contributed by atoms with Crippen LogP contribution in [0.3, 0.4) is 0 Å². The Morgan fingerprint density at radius 1 is 0.861 bits per heavy atom. The van der Waals surface area contributed by atoms with Crippen LogP contribution in [0.1, 0.15) is 26.6 Å². The zero-order valence-electron chi connectivity index (χ0n) is 19.1. The lowest BCUT2D eigenvalue weighted by Gasteiger charge is -2.34. The first-order chi connectivity index (χ1) is 17.5. The Morgan fingerprint density at radius 2 is 1.47 bits per heavy atom. The van der Waals surface area contributed by atoms with Gasteiger partial charge in [0.1, 0.15) is 18.2 Å². The van der Waals surface area contributed by atoms with Crippen molar-refractivity contribution < 1.29 is 27.5 Å². The lowest BCUT2D eigenvalue weighted by atomic mass is 10.2. The minimum absolute atomic E-state index is 0.0900. The van der Waals surface area contributed by atoms with E-state index in [1.54, 1.807) is 52.4 Å². The third-order valence-corrected chi connectivity index (χ3v) is 5.87. The highest BCUT2D eigenvalue weighted by Gasteiger charge is 2.30. The van der Waals surface area contributed by atoms with Gasteiger partial charge < -0.3 is 19.0 Å². The molecule has 1 saturated heterocycles. The van der Waals surface area contributed by atoms with Crippen LogP contribution in [0.15, 0.2) is 77.5 Å². The largest absolute Gasteiger partial charge is 0.485 e. The molecule has 4 aromatic rings. The second-order valence-electron chi connectivity index (χ2n) is 8.24. The van der Waals surface area contributed by atoms with E-state index in [-0.39, 0.29) is 41.4 Å². The quantitative estimate of drug-likeness (QED) is 0.408. The molecule has 3 heterocycles. The zero-order chi connectivity index (χ0) is 25.1. The van der Waals surface area contributed by atoms with Gasteiger partial charge in [0, 0.05) is 26.2 Å². The fourth-order valence-electron chi connectivity index (χ4n) is 3.90. The summed E-state index contributed by atoms with van der Waals surface area (Å²) in [6.45, 7) is 1.41. The van der Waals surface area contributed by atoms with E-state index in [0.717, 1.165) is 5.56 Å². The van der Waals surface area contributed by atoms with Crippen LogP contribution in [-0.4, -0.2) is 57.6 Å². The smallest absolute Gasteiger partial charge is 0.289 e. The van der Waals surface area contributed by atoms with Crippen LogP contribution in [0.25, 0.3) is 5.69 Å². The molecular formula is C26H22F2N4O4. The summed E-state index contributed by atoms with van der Waals surface area (Å²) in [6.07, 6.45) is 3.00. The molecule has 0 saturated carbocycles. The Bertz CT molecular complexity index is 1340. The number of piperazine rings is 1. The van der Waals surface area contributed by atoms with Crippen LogP contribution in [0.2, 0.25) is 0 Å². The van der Waals surface area contributed by atoms with Crippen LogP contribution < -0.4 is 4.74 Å². The van der Waals surface area contributed by atoms with Gasteiger partial charge in [-0.15, -0.1) is 0 Å². The maximum atomic E-state index is 13.4. The highest BCUT2D eigenvalue weighted by molar-refractivity contribution is 5.95. The molecule has 5 rings (SSSR count). The Balaban J connectivity index is 1.34. The lowest BCUT2D eigenvalue weighted by Crippen LogP contribution is -2.50. The minimum atomic E-state index is -0.392. The average molecular weight is 492 g/mol. The SMILES string of the molecule is O=C(c1ccco1)N1CCN(C(=O)c2nn(-c3ccc(F)cc3)cc2OCc2ccc(F)cc2)CC1. The van der Waals surface area contributed by atoms with E-state index in [9.17, 15) is 18.4 Å². The predicted octanol–water partition coefficient (Wildman–Crippen LogP) is 3.92. The number of nitrogens with zero attached hydrogens (tertiary/aromatic N) is 4. The number of carbonyl (C=O) groups is 2. The molecule has 0 bridgehead atoms. The van der Waals surface area contributed by atoms with Crippen molar-refractivity contribution in [3.05, 3.63) is 102 Å². The number of amides is 2. The van der Waals surface area contributed by atoms with Crippen molar-refractivity contribution in [2.75, 3.05) is 26.2 Å². The third-order valence-electron chi connectivity index (χ3n) is 5.87. The topological polar surface area (TPSA) is 80.8 Å². The molecule has 10 heteroatoms. The number of hydrogen-bond donors (Lipinski definition) is 0. The van der Waals surface area contributed by atoms with Crippen molar-refractivity contribution in [1.29, 1.82) is 0 Å². The second-order valence-corrected chi connectivity index (χ2v) is 8.24. The van der Waals surface area contributed by atoms with Gasteiger partial charge in [0.15, 0.2) is 17.2 Å². The molecule has 8 nitrogen and oxygen atoms in total. The van der Waals surface area contributed by atoms with Crippen LogP contribution >= 0.6 is 0 Å². The van der Waals surface area contributed by atoms with E-state index >= 15 is 0 Å². The standard InChI is InChI=1S/C26H22F2N4O4/c27-19-5-3-18(4-6-19)17-36-23-16-32(21-9-7-20(28)8-10-21)29-24(23)26(34)31-13-11-30(12-14-31)25(33)22-2-1-15-35-22/h1-10,15-16H,11-14,17H2. The van der Waals surface area contributed by atoms with E-state index in [1.165, 1.54) is 35.2 Å². The van der Waals surface area contributed by atoms with Gasteiger partial charge >= 0.3 is 0 Å². The van der Waals surface area contributed by atoms with Gasteiger partial charge in [-0.25, -0.2) is 13.5 Å². The summed E-state index contributed by atoms with van der Waals surface area (Å²) in [5.74, 6) is -0.835. The van der Waals surface area contributed by atoms with Crippen molar-refractivity contribution in [2.45, 2.75) is 6.61 Å². The van der Waals surface area contributed by atoms with E-state index in [4.69, 9.17) is 9.15 Å². The molecule has 0 spiro atoms. The number of aromatic nitrogens is 2. The second kappa shape index (κ2) is 10.0. The number of hydrogen-bond acceptors (Lipinski definition) is 5. The molecule has 2 amide bonds. The zero-order valence-corrected chi connectivity index (χ0v) is 19.1. The normalized spacial score (nSPS) is 13.6. The van der Waals surface area contributed by atoms with Crippen LogP contribution in [-0.2, 0) is 6.61 Å². The number of rotatable bonds is 6. The van der Waals surface area contributed by atoms with Crippen LogP contribution in [0.4, 0.5) is 8.78 Å². The Labute approximate surface area is 205 Å². The van der Waals surface area contributed by atoms with E-state index in [2.05, 4.69) is 5.10 Å². The Kier molecular flexibility index (Phi) is 6.48. The number of carbonyl (C=O) groups excluding carboxylic acids is 2. The number of ether oxygens (including phenoxy) is 1. The molecule has 1 aliphatic heterocycles. The molecule has 1 fully saturated rings. The summed E-state index contributed by atoms with van der Waals surface area (Å²) in [5.41, 5.74) is 1.36. The first-order valence-electron chi connectivity index (χ1n) is 11.3. The summed E-state index contributed by atoms with van der Waals surface area (Å²) in [4.78, 5) is 29.2. The molecule has 184 valence electrons. The molecule has 1 aliphatic rings.